The number of para-hydroxylation sites is 2. The molecule has 1 aromatic heterocycles. The number of hydrogen-bond acceptors (Lipinski definition) is 7. The first-order valence-electron chi connectivity index (χ1n) is 17.3. The zero-order valence-electron chi connectivity index (χ0n) is 29.3. The lowest BCUT2D eigenvalue weighted by Crippen LogP contribution is -2.64. The minimum absolute atomic E-state index is 0.00571. The first-order chi connectivity index (χ1) is 25.8. The number of anilines is 1. The van der Waals surface area contributed by atoms with Gasteiger partial charge in [-0.15, -0.1) is 0 Å². The fourth-order valence-corrected chi connectivity index (χ4v) is 6.95. The first-order valence-corrected chi connectivity index (χ1v) is 17.3. The van der Waals surface area contributed by atoms with Gasteiger partial charge in [-0.1, -0.05) is 42.5 Å². The third-order valence-electron chi connectivity index (χ3n) is 9.63. The van der Waals surface area contributed by atoms with Crippen molar-refractivity contribution in [3.8, 4) is 11.5 Å². The number of amides is 2. The molecule has 0 aliphatic carbocycles. The Morgan fingerprint density at radius 1 is 0.833 bits per heavy atom. The molecule has 0 unspecified atom stereocenters. The van der Waals surface area contributed by atoms with Crippen molar-refractivity contribution in [2.75, 3.05) is 57.9 Å². The predicted molar refractivity (Wildman–Crippen MR) is 186 cm³/mol. The lowest BCUT2D eigenvalue weighted by atomic mass is 9.83. The Bertz CT molecular complexity index is 1900. The van der Waals surface area contributed by atoms with Crippen LogP contribution in [-0.4, -0.2) is 85.2 Å². The van der Waals surface area contributed by atoms with Gasteiger partial charge in [0.05, 0.1) is 41.6 Å². The van der Waals surface area contributed by atoms with E-state index in [9.17, 15) is 35.9 Å². The van der Waals surface area contributed by atoms with Crippen LogP contribution in [0.1, 0.15) is 45.9 Å². The molecule has 6 rings (SSSR count). The molecule has 54 heavy (non-hydrogen) atoms. The van der Waals surface area contributed by atoms with E-state index in [1.165, 1.54) is 4.90 Å². The van der Waals surface area contributed by atoms with Crippen molar-refractivity contribution < 1.29 is 50.1 Å². The van der Waals surface area contributed by atoms with E-state index in [-0.39, 0.29) is 31.7 Å². The quantitative estimate of drug-likeness (QED) is 0.124. The summed E-state index contributed by atoms with van der Waals surface area (Å²) < 4.78 is 100. The first kappa shape index (κ1) is 38.4. The SMILES string of the molecule is COCCOc1ccccc1N1CCN(C(=O)[C@]2(Oc3ccc(C(F)(F)F)cc3)CC[C@H](c3ccccc3)N(C(=O)c3cnccc3C(F)(F)F)C2)CC1. The number of ether oxygens (including phenoxy) is 3. The number of piperidine rings is 1. The molecular formula is C39H38F6N4O5. The monoisotopic (exact) mass is 756 g/mol. The second-order valence-electron chi connectivity index (χ2n) is 13.0. The van der Waals surface area contributed by atoms with Gasteiger partial charge < -0.3 is 28.9 Å². The zero-order valence-corrected chi connectivity index (χ0v) is 29.3. The number of pyridine rings is 1. The number of nitrogens with zero attached hydrogens (tertiary/aromatic N) is 4. The Kier molecular flexibility index (Phi) is 11.4. The fourth-order valence-electron chi connectivity index (χ4n) is 6.95. The van der Waals surface area contributed by atoms with Gasteiger partial charge in [0.2, 0.25) is 5.60 Å². The van der Waals surface area contributed by atoms with Crippen LogP contribution in [-0.2, 0) is 21.9 Å². The molecule has 2 amide bonds. The number of piperazine rings is 1. The van der Waals surface area contributed by atoms with Crippen molar-refractivity contribution in [1.29, 1.82) is 0 Å². The van der Waals surface area contributed by atoms with Crippen LogP contribution < -0.4 is 14.4 Å². The van der Waals surface area contributed by atoms with Crippen LogP contribution in [0.3, 0.4) is 0 Å². The number of carbonyl (C=O) groups excluding carboxylic acids is 2. The Morgan fingerprint density at radius 3 is 2.19 bits per heavy atom. The maximum atomic E-state index is 14.8. The summed E-state index contributed by atoms with van der Waals surface area (Å²) in [5, 5.41) is 0. The normalized spacial score (nSPS) is 19.4. The van der Waals surface area contributed by atoms with Crippen LogP contribution >= 0.6 is 0 Å². The number of likely N-dealkylation sites (tertiary alicyclic amines) is 1. The molecule has 0 N–H and O–H groups in total. The van der Waals surface area contributed by atoms with E-state index in [2.05, 4.69) is 9.88 Å². The average molecular weight is 757 g/mol. The molecular weight excluding hydrogens is 718 g/mol. The van der Waals surface area contributed by atoms with E-state index in [4.69, 9.17) is 14.2 Å². The molecule has 4 aromatic rings. The van der Waals surface area contributed by atoms with Crippen LogP contribution in [0.25, 0.3) is 0 Å². The molecule has 2 aliphatic heterocycles. The Hall–Kier alpha value is -5.31. The number of alkyl halides is 6. The number of hydrogen-bond donors (Lipinski definition) is 0. The van der Waals surface area contributed by atoms with Gasteiger partial charge in [0.25, 0.3) is 11.8 Å². The second-order valence-corrected chi connectivity index (χ2v) is 13.0. The second kappa shape index (κ2) is 16.0. The Labute approximate surface area is 308 Å². The molecule has 286 valence electrons. The van der Waals surface area contributed by atoms with Gasteiger partial charge in [-0.2, -0.15) is 26.3 Å². The fraction of sp³-hybridized carbons (Fsp3) is 0.359. The van der Waals surface area contributed by atoms with E-state index in [1.54, 1.807) is 42.3 Å². The van der Waals surface area contributed by atoms with Gasteiger partial charge in [-0.25, -0.2) is 0 Å². The Balaban J connectivity index is 1.35. The summed E-state index contributed by atoms with van der Waals surface area (Å²) in [6, 6.07) is 19.9. The van der Waals surface area contributed by atoms with E-state index in [0.717, 1.165) is 42.3 Å². The highest BCUT2D eigenvalue weighted by atomic mass is 19.4. The van der Waals surface area contributed by atoms with Gasteiger partial charge in [0.15, 0.2) is 0 Å². The van der Waals surface area contributed by atoms with E-state index >= 15 is 0 Å². The molecule has 15 heteroatoms. The van der Waals surface area contributed by atoms with Crippen molar-refractivity contribution in [3.05, 3.63) is 120 Å². The topological polar surface area (TPSA) is 84.4 Å². The molecule has 0 spiro atoms. The van der Waals surface area contributed by atoms with Crippen molar-refractivity contribution >= 4 is 17.5 Å². The number of methoxy groups -OCH3 is 1. The maximum absolute atomic E-state index is 14.8. The van der Waals surface area contributed by atoms with Crippen LogP contribution in [0.4, 0.5) is 32.0 Å². The summed E-state index contributed by atoms with van der Waals surface area (Å²) >= 11 is 0. The molecule has 2 fully saturated rings. The molecule has 0 saturated carbocycles. The number of aromatic nitrogens is 1. The van der Waals surface area contributed by atoms with E-state index in [1.807, 2.05) is 24.3 Å². The van der Waals surface area contributed by atoms with Crippen molar-refractivity contribution in [2.45, 2.75) is 36.8 Å². The van der Waals surface area contributed by atoms with Gasteiger partial charge in [0.1, 0.15) is 18.1 Å². The number of benzene rings is 3. The Morgan fingerprint density at radius 2 is 1.52 bits per heavy atom. The van der Waals surface area contributed by atoms with Gasteiger partial charge in [-0.05, 0) is 54.4 Å². The van der Waals surface area contributed by atoms with Crippen LogP contribution in [0, 0.1) is 0 Å². The summed E-state index contributed by atoms with van der Waals surface area (Å²) in [5.74, 6) is -0.996. The molecule has 3 aromatic carbocycles. The molecule has 3 heterocycles. The standard InChI is InChI=1S/C39H38F6N4O5/c1-52-23-24-53-34-10-6-5-9-33(34)47-19-21-48(22-20-47)36(51)37(54-29-13-11-28(12-14-29)38(40,41)42)17-15-32(27-7-3-2-4-8-27)49(26-37)35(50)30-25-46-18-16-31(30)39(43,44)45/h2-14,16,18,25,32H,15,17,19-24,26H2,1H3/t32-,37+/m1/s1. The van der Waals surface area contributed by atoms with Crippen LogP contribution in [0.2, 0.25) is 0 Å². The minimum atomic E-state index is -4.89. The van der Waals surface area contributed by atoms with Gasteiger partial charge in [0, 0.05) is 52.1 Å². The van der Waals surface area contributed by atoms with Crippen molar-refractivity contribution in [1.82, 2.24) is 14.8 Å². The van der Waals surface area contributed by atoms with Crippen LogP contribution in [0.15, 0.2) is 97.3 Å². The van der Waals surface area contributed by atoms with Crippen molar-refractivity contribution in [2.24, 2.45) is 0 Å². The molecule has 2 aliphatic rings. The number of rotatable bonds is 10. The lowest BCUT2D eigenvalue weighted by Gasteiger charge is -2.48. The highest BCUT2D eigenvalue weighted by Gasteiger charge is 2.52. The minimum Gasteiger partial charge on any atom is -0.489 e. The predicted octanol–water partition coefficient (Wildman–Crippen LogP) is 7.29. The highest BCUT2D eigenvalue weighted by molar-refractivity contribution is 5.97. The van der Waals surface area contributed by atoms with Gasteiger partial charge >= 0.3 is 12.4 Å². The summed E-state index contributed by atoms with van der Waals surface area (Å²) in [7, 11) is 1.57. The molecule has 0 radical (unpaired) electrons. The third-order valence-corrected chi connectivity index (χ3v) is 9.63. The van der Waals surface area contributed by atoms with E-state index in [0.29, 0.717) is 43.7 Å². The van der Waals surface area contributed by atoms with Crippen molar-refractivity contribution in [3.63, 3.8) is 0 Å². The average Bonchev–Trinajstić information content (AvgIpc) is 3.17. The zero-order chi connectivity index (χ0) is 38.5. The van der Waals surface area contributed by atoms with Crippen LogP contribution in [0.5, 0.6) is 11.5 Å². The number of halogens is 6. The smallest absolute Gasteiger partial charge is 0.417 e. The molecule has 0 bridgehead atoms. The summed E-state index contributed by atoms with van der Waals surface area (Å²) in [6.45, 7) is 1.41. The summed E-state index contributed by atoms with van der Waals surface area (Å²) in [5.41, 5.74) is -3.26. The largest absolute Gasteiger partial charge is 0.489 e. The summed E-state index contributed by atoms with van der Waals surface area (Å²) in [4.78, 5) is 37.7. The molecule has 9 nitrogen and oxygen atoms in total. The van der Waals surface area contributed by atoms with Gasteiger partial charge in [-0.3, -0.25) is 14.6 Å². The van der Waals surface area contributed by atoms with E-state index < -0.39 is 59.0 Å². The molecule has 2 saturated heterocycles. The highest BCUT2D eigenvalue weighted by Crippen LogP contribution is 2.42. The molecule has 2 atom stereocenters. The summed E-state index contributed by atoms with van der Waals surface area (Å²) in [6.07, 6.45) is -7.63. The third kappa shape index (κ3) is 8.40. The lowest BCUT2D eigenvalue weighted by molar-refractivity contribution is -0.154. The maximum Gasteiger partial charge on any atom is 0.417 e. The number of carbonyl (C=O) groups is 2.